The Morgan fingerprint density at radius 2 is 1.88 bits per heavy atom. The lowest BCUT2D eigenvalue weighted by atomic mass is 10.1. The van der Waals surface area contributed by atoms with E-state index in [1.54, 1.807) is 35.4 Å². The van der Waals surface area contributed by atoms with Gasteiger partial charge in [-0.1, -0.05) is 11.8 Å². The SMILES string of the molecule is Cn1ccnc1SCC(=O)Nc1ccc(C(=O)N2CCN([C@H]3CCS(=O)(=O)C3)CC2)cc1. The van der Waals surface area contributed by atoms with Crippen LogP contribution in [-0.4, -0.2) is 89.1 Å². The Bertz CT molecular complexity index is 1080. The lowest BCUT2D eigenvalue weighted by Crippen LogP contribution is -2.52. The van der Waals surface area contributed by atoms with Crippen LogP contribution in [0, 0.1) is 0 Å². The van der Waals surface area contributed by atoms with E-state index in [9.17, 15) is 18.0 Å². The number of benzene rings is 1. The summed E-state index contributed by atoms with van der Waals surface area (Å²) >= 11 is 1.36. The molecule has 0 spiro atoms. The van der Waals surface area contributed by atoms with E-state index in [1.165, 1.54) is 11.8 Å². The third kappa shape index (κ3) is 5.51. The zero-order chi connectivity index (χ0) is 22.7. The molecule has 2 aromatic rings. The number of aromatic nitrogens is 2. The van der Waals surface area contributed by atoms with Crippen LogP contribution in [-0.2, 0) is 21.7 Å². The summed E-state index contributed by atoms with van der Waals surface area (Å²) in [6.45, 7) is 2.54. The quantitative estimate of drug-likeness (QED) is 0.621. The largest absolute Gasteiger partial charge is 0.336 e. The summed E-state index contributed by atoms with van der Waals surface area (Å²) in [4.78, 5) is 33.2. The molecule has 1 aromatic heterocycles. The van der Waals surface area contributed by atoms with Gasteiger partial charge in [0.2, 0.25) is 5.91 Å². The maximum atomic E-state index is 12.8. The molecule has 1 N–H and O–H groups in total. The summed E-state index contributed by atoms with van der Waals surface area (Å²) in [6, 6.07) is 6.99. The Balaban J connectivity index is 1.25. The molecule has 1 atom stereocenters. The molecular formula is C21H27N5O4S2. The van der Waals surface area contributed by atoms with E-state index in [4.69, 9.17) is 0 Å². The van der Waals surface area contributed by atoms with E-state index < -0.39 is 9.84 Å². The van der Waals surface area contributed by atoms with Gasteiger partial charge in [-0.15, -0.1) is 0 Å². The molecule has 2 aliphatic rings. The average molecular weight is 478 g/mol. The molecule has 0 saturated carbocycles. The normalized spacial score (nSPS) is 20.9. The van der Waals surface area contributed by atoms with Gasteiger partial charge in [0.15, 0.2) is 15.0 Å². The molecule has 2 aliphatic heterocycles. The van der Waals surface area contributed by atoms with E-state index in [0.29, 0.717) is 43.9 Å². The number of hydrogen-bond acceptors (Lipinski definition) is 7. The van der Waals surface area contributed by atoms with Gasteiger partial charge in [-0.25, -0.2) is 13.4 Å². The average Bonchev–Trinajstić information content (AvgIpc) is 3.36. The van der Waals surface area contributed by atoms with Crippen molar-refractivity contribution < 1.29 is 18.0 Å². The number of nitrogens with zero attached hydrogens (tertiary/aromatic N) is 4. The van der Waals surface area contributed by atoms with Crippen molar-refractivity contribution >= 4 is 39.1 Å². The summed E-state index contributed by atoms with van der Waals surface area (Å²) < 4.78 is 25.3. The van der Waals surface area contributed by atoms with Crippen LogP contribution in [0.2, 0.25) is 0 Å². The van der Waals surface area contributed by atoms with Crippen LogP contribution in [0.3, 0.4) is 0 Å². The van der Waals surface area contributed by atoms with Crippen molar-refractivity contribution in [2.24, 2.45) is 7.05 Å². The highest BCUT2D eigenvalue weighted by Gasteiger charge is 2.34. The Morgan fingerprint density at radius 3 is 2.47 bits per heavy atom. The molecule has 1 aromatic carbocycles. The summed E-state index contributed by atoms with van der Waals surface area (Å²) in [6.07, 6.45) is 4.20. The van der Waals surface area contributed by atoms with Crippen molar-refractivity contribution in [3.8, 4) is 0 Å². The molecule has 2 saturated heterocycles. The van der Waals surface area contributed by atoms with Crippen molar-refractivity contribution in [1.82, 2.24) is 19.4 Å². The van der Waals surface area contributed by atoms with Crippen molar-refractivity contribution in [2.75, 3.05) is 48.8 Å². The van der Waals surface area contributed by atoms with Gasteiger partial charge in [0.05, 0.1) is 17.3 Å². The summed E-state index contributed by atoms with van der Waals surface area (Å²) in [5.41, 5.74) is 1.21. The van der Waals surface area contributed by atoms with Gasteiger partial charge in [-0.3, -0.25) is 14.5 Å². The number of rotatable bonds is 6. The standard InChI is InChI=1S/C21H27N5O4S2/c1-24-8-7-22-21(24)31-14-19(27)23-17-4-2-16(3-5-17)20(28)26-11-9-25(10-12-26)18-6-13-32(29,30)15-18/h2-5,7-8,18H,6,9-15H2,1H3,(H,23,27)/t18-/m0/s1. The smallest absolute Gasteiger partial charge is 0.253 e. The molecular weight excluding hydrogens is 450 g/mol. The summed E-state index contributed by atoms with van der Waals surface area (Å²) in [5, 5.41) is 3.61. The summed E-state index contributed by atoms with van der Waals surface area (Å²) in [5.74, 6) is 0.558. The maximum absolute atomic E-state index is 12.8. The van der Waals surface area contributed by atoms with Crippen molar-refractivity contribution in [2.45, 2.75) is 17.6 Å². The van der Waals surface area contributed by atoms with Crippen molar-refractivity contribution in [3.63, 3.8) is 0 Å². The van der Waals surface area contributed by atoms with Crippen LogP contribution < -0.4 is 5.32 Å². The fourth-order valence-electron chi connectivity index (χ4n) is 4.05. The Kier molecular flexibility index (Phi) is 6.87. The van der Waals surface area contributed by atoms with Crippen LogP contribution in [0.5, 0.6) is 0 Å². The first kappa shape index (κ1) is 22.8. The molecule has 0 aliphatic carbocycles. The number of sulfone groups is 1. The van der Waals surface area contributed by atoms with Crippen LogP contribution in [0.15, 0.2) is 41.8 Å². The number of carbonyl (C=O) groups excluding carboxylic acids is 2. The first-order valence-corrected chi connectivity index (χ1v) is 13.4. The molecule has 9 nitrogen and oxygen atoms in total. The second kappa shape index (κ2) is 9.63. The zero-order valence-electron chi connectivity index (χ0n) is 17.9. The molecule has 4 rings (SSSR count). The highest BCUT2D eigenvalue weighted by Crippen LogP contribution is 2.20. The van der Waals surface area contributed by atoms with Gasteiger partial charge in [0.1, 0.15) is 0 Å². The van der Waals surface area contributed by atoms with Gasteiger partial charge in [0.25, 0.3) is 5.91 Å². The minimum absolute atomic E-state index is 0.0492. The number of carbonyl (C=O) groups is 2. The summed E-state index contributed by atoms with van der Waals surface area (Å²) in [7, 11) is -1.03. The highest BCUT2D eigenvalue weighted by atomic mass is 32.2. The number of imidazole rings is 1. The van der Waals surface area contributed by atoms with Gasteiger partial charge < -0.3 is 14.8 Å². The van der Waals surface area contributed by atoms with Crippen LogP contribution >= 0.6 is 11.8 Å². The van der Waals surface area contributed by atoms with Crippen molar-refractivity contribution in [3.05, 3.63) is 42.2 Å². The minimum Gasteiger partial charge on any atom is -0.336 e. The van der Waals surface area contributed by atoms with E-state index in [1.807, 2.05) is 17.8 Å². The lowest BCUT2D eigenvalue weighted by molar-refractivity contribution is -0.113. The van der Waals surface area contributed by atoms with Gasteiger partial charge in [0, 0.05) is 62.9 Å². The number of piperazine rings is 1. The predicted octanol–water partition coefficient (Wildman–Crippen LogP) is 1.10. The third-order valence-electron chi connectivity index (χ3n) is 5.85. The van der Waals surface area contributed by atoms with Gasteiger partial charge in [-0.05, 0) is 30.7 Å². The maximum Gasteiger partial charge on any atom is 0.253 e. The molecule has 3 heterocycles. The van der Waals surface area contributed by atoms with E-state index in [2.05, 4.69) is 15.2 Å². The fraction of sp³-hybridized carbons (Fsp3) is 0.476. The van der Waals surface area contributed by atoms with Gasteiger partial charge >= 0.3 is 0 Å². The topological polar surface area (TPSA) is 105 Å². The molecule has 32 heavy (non-hydrogen) atoms. The first-order chi connectivity index (χ1) is 15.3. The van der Waals surface area contributed by atoms with Crippen LogP contribution in [0.4, 0.5) is 5.69 Å². The third-order valence-corrected chi connectivity index (χ3v) is 8.66. The molecule has 11 heteroatoms. The van der Waals surface area contributed by atoms with E-state index >= 15 is 0 Å². The second-order valence-corrected chi connectivity index (χ2v) is 11.3. The molecule has 0 bridgehead atoms. The number of nitrogens with one attached hydrogen (secondary N) is 1. The first-order valence-electron chi connectivity index (χ1n) is 10.5. The zero-order valence-corrected chi connectivity index (χ0v) is 19.6. The Labute approximate surface area is 192 Å². The van der Waals surface area contributed by atoms with E-state index in [0.717, 1.165) is 5.16 Å². The molecule has 0 radical (unpaired) electrons. The molecule has 2 amide bonds. The van der Waals surface area contributed by atoms with E-state index in [-0.39, 0.29) is 35.1 Å². The molecule has 172 valence electrons. The number of anilines is 1. The number of aryl methyl sites for hydroxylation is 1. The fourth-order valence-corrected chi connectivity index (χ4v) is 6.54. The minimum atomic E-state index is -2.91. The van der Waals surface area contributed by atoms with Crippen LogP contribution in [0.25, 0.3) is 0 Å². The van der Waals surface area contributed by atoms with Crippen LogP contribution in [0.1, 0.15) is 16.8 Å². The predicted molar refractivity (Wildman–Crippen MR) is 124 cm³/mol. The molecule has 0 unspecified atom stereocenters. The second-order valence-electron chi connectivity index (χ2n) is 8.12. The van der Waals surface area contributed by atoms with Crippen molar-refractivity contribution in [1.29, 1.82) is 0 Å². The molecule has 2 fully saturated rings. The number of hydrogen-bond donors (Lipinski definition) is 1. The Morgan fingerprint density at radius 1 is 1.16 bits per heavy atom. The lowest BCUT2D eigenvalue weighted by Gasteiger charge is -2.37. The Hall–Kier alpha value is -2.37. The monoisotopic (exact) mass is 477 g/mol. The van der Waals surface area contributed by atoms with Gasteiger partial charge in [-0.2, -0.15) is 0 Å². The number of thioether (sulfide) groups is 1. The highest BCUT2D eigenvalue weighted by molar-refractivity contribution is 7.99. The number of amides is 2.